The molecule has 1 N–H and O–H groups in total. The average Bonchev–Trinajstić information content (AvgIpc) is 3.39. The van der Waals surface area contributed by atoms with Crippen LogP contribution < -0.4 is 5.32 Å². The number of piperidine rings is 1. The summed E-state index contributed by atoms with van der Waals surface area (Å²) in [5.74, 6) is -1.67. The van der Waals surface area contributed by atoms with Crippen molar-refractivity contribution in [3.8, 4) is 0 Å². The van der Waals surface area contributed by atoms with Crippen LogP contribution in [0.15, 0.2) is 53.4 Å². The molecule has 1 unspecified atom stereocenters. The van der Waals surface area contributed by atoms with Gasteiger partial charge in [-0.2, -0.15) is 4.31 Å². The van der Waals surface area contributed by atoms with Crippen LogP contribution in [0.5, 0.6) is 0 Å². The highest BCUT2D eigenvalue weighted by atomic mass is 32.2. The number of benzene rings is 2. The van der Waals surface area contributed by atoms with Gasteiger partial charge in [-0.25, -0.2) is 12.8 Å². The van der Waals surface area contributed by atoms with Crippen molar-refractivity contribution in [2.45, 2.75) is 49.5 Å². The Morgan fingerprint density at radius 3 is 2.24 bits per heavy atom. The quantitative estimate of drug-likeness (QED) is 0.651. The summed E-state index contributed by atoms with van der Waals surface area (Å²) in [5.41, 5.74) is 0.900. The number of hydrogen-bond acceptors (Lipinski definition) is 4. The molecule has 0 aromatic heterocycles. The molecule has 7 nitrogen and oxygen atoms in total. The number of nitrogens with zero attached hydrogens (tertiary/aromatic N) is 2. The molecule has 0 aliphatic carbocycles. The summed E-state index contributed by atoms with van der Waals surface area (Å²) in [6.07, 6.45) is 4.54. The van der Waals surface area contributed by atoms with Crippen molar-refractivity contribution in [3.63, 3.8) is 0 Å². The highest BCUT2D eigenvalue weighted by molar-refractivity contribution is 7.89. The summed E-state index contributed by atoms with van der Waals surface area (Å²) in [5, 5.41) is 2.78. The zero-order valence-corrected chi connectivity index (χ0v) is 19.9. The number of amides is 2. The van der Waals surface area contributed by atoms with Crippen LogP contribution in [0.25, 0.3) is 0 Å². The van der Waals surface area contributed by atoms with Gasteiger partial charge in [0.2, 0.25) is 15.9 Å². The molecule has 2 aromatic rings. The Morgan fingerprint density at radius 2 is 1.56 bits per heavy atom. The Morgan fingerprint density at radius 1 is 0.912 bits per heavy atom. The first-order valence-corrected chi connectivity index (χ1v) is 13.2. The number of nitrogens with one attached hydrogen (secondary N) is 1. The van der Waals surface area contributed by atoms with E-state index in [4.69, 9.17) is 0 Å². The lowest BCUT2D eigenvalue weighted by atomic mass is 10.0. The van der Waals surface area contributed by atoms with Crippen LogP contribution in [0.3, 0.4) is 0 Å². The van der Waals surface area contributed by atoms with Gasteiger partial charge in [-0.1, -0.05) is 36.8 Å². The van der Waals surface area contributed by atoms with Gasteiger partial charge in [0.25, 0.3) is 5.91 Å². The standard InChI is InChI=1S/C25H30FN3O4S/c26-21-12-11-20(18-23(21)34(32,33)29-15-5-2-6-16-29)24(30)27-22(17-19-9-3-1-4-10-19)25(31)28-13-7-8-14-28/h1,3-4,9-12,18,22H,2,5-8,13-17H2,(H,27,30). The molecule has 2 heterocycles. The maximum atomic E-state index is 14.6. The maximum Gasteiger partial charge on any atom is 0.251 e. The first-order valence-electron chi connectivity index (χ1n) is 11.8. The van der Waals surface area contributed by atoms with E-state index in [2.05, 4.69) is 5.32 Å². The van der Waals surface area contributed by atoms with E-state index in [0.717, 1.165) is 49.8 Å². The zero-order chi connectivity index (χ0) is 24.1. The summed E-state index contributed by atoms with van der Waals surface area (Å²) >= 11 is 0. The van der Waals surface area contributed by atoms with Crippen LogP contribution >= 0.6 is 0 Å². The molecule has 182 valence electrons. The van der Waals surface area contributed by atoms with E-state index in [-0.39, 0.29) is 11.5 Å². The Labute approximate surface area is 200 Å². The van der Waals surface area contributed by atoms with Gasteiger partial charge in [0.15, 0.2) is 0 Å². The molecule has 34 heavy (non-hydrogen) atoms. The van der Waals surface area contributed by atoms with Crippen LogP contribution in [0.1, 0.15) is 48.0 Å². The maximum absolute atomic E-state index is 14.6. The third-order valence-electron chi connectivity index (χ3n) is 6.43. The summed E-state index contributed by atoms with van der Waals surface area (Å²) in [6, 6.07) is 11.9. The van der Waals surface area contributed by atoms with Crippen molar-refractivity contribution < 1.29 is 22.4 Å². The van der Waals surface area contributed by atoms with Crippen molar-refractivity contribution in [3.05, 3.63) is 65.5 Å². The Kier molecular flexibility index (Phi) is 7.63. The smallest absolute Gasteiger partial charge is 0.251 e. The molecule has 0 bridgehead atoms. The van der Waals surface area contributed by atoms with E-state index in [1.165, 1.54) is 10.4 Å². The topological polar surface area (TPSA) is 86.8 Å². The van der Waals surface area contributed by atoms with E-state index in [9.17, 15) is 22.4 Å². The molecular weight excluding hydrogens is 457 g/mol. The minimum atomic E-state index is -4.05. The van der Waals surface area contributed by atoms with E-state index >= 15 is 0 Å². The molecule has 2 aliphatic rings. The van der Waals surface area contributed by atoms with Crippen LogP contribution in [-0.2, 0) is 21.2 Å². The predicted octanol–water partition coefficient (Wildman–Crippen LogP) is 2.96. The van der Waals surface area contributed by atoms with Gasteiger partial charge in [-0.05, 0) is 49.4 Å². The second-order valence-electron chi connectivity index (χ2n) is 8.86. The van der Waals surface area contributed by atoms with E-state index in [1.807, 2.05) is 30.3 Å². The molecule has 2 aromatic carbocycles. The molecule has 2 amide bonds. The van der Waals surface area contributed by atoms with Crippen LogP contribution in [-0.4, -0.2) is 61.7 Å². The molecule has 9 heteroatoms. The van der Waals surface area contributed by atoms with Gasteiger partial charge in [0, 0.05) is 38.2 Å². The van der Waals surface area contributed by atoms with Crippen molar-refractivity contribution in [1.82, 2.24) is 14.5 Å². The third-order valence-corrected chi connectivity index (χ3v) is 8.34. The van der Waals surface area contributed by atoms with E-state index in [0.29, 0.717) is 32.6 Å². The Hall–Kier alpha value is -2.78. The van der Waals surface area contributed by atoms with Crippen LogP contribution in [0.2, 0.25) is 0 Å². The zero-order valence-electron chi connectivity index (χ0n) is 19.1. The van der Waals surface area contributed by atoms with E-state index < -0.39 is 32.7 Å². The normalized spacial score (nSPS) is 18.0. The number of hydrogen-bond donors (Lipinski definition) is 1. The van der Waals surface area contributed by atoms with E-state index in [1.54, 1.807) is 4.90 Å². The first-order chi connectivity index (χ1) is 16.4. The average molecular weight is 488 g/mol. The molecular formula is C25H30FN3O4S. The fourth-order valence-corrected chi connectivity index (χ4v) is 6.14. The largest absolute Gasteiger partial charge is 0.341 e. The highest BCUT2D eigenvalue weighted by Gasteiger charge is 2.31. The second-order valence-corrected chi connectivity index (χ2v) is 10.8. The number of likely N-dealkylation sites (tertiary alicyclic amines) is 1. The van der Waals surface area contributed by atoms with Gasteiger partial charge in [-0.15, -0.1) is 0 Å². The summed E-state index contributed by atoms with van der Waals surface area (Å²) < 4.78 is 41.9. The summed E-state index contributed by atoms with van der Waals surface area (Å²) in [4.78, 5) is 27.5. The fraction of sp³-hybridized carbons (Fsp3) is 0.440. The van der Waals surface area contributed by atoms with Gasteiger partial charge in [0.1, 0.15) is 16.8 Å². The Bertz CT molecular complexity index is 1130. The predicted molar refractivity (Wildman–Crippen MR) is 126 cm³/mol. The molecule has 2 fully saturated rings. The molecule has 0 radical (unpaired) electrons. The summed E-state index contributed by atoms with van der Waals surface area (Å²) in [7, 11) is -4.05. The lowest BCUT2D eigenvalue weighted by Crippen LogP contribution is -2.49. The van der Waals surface area contributed by atoms with Gasteiger partial charge < -0.3 is 10.2 Å². The number of carbonyl (C=O) groups is 2. The van der Waals surface area contributed by atoms with Gasteiger partial charge in [-0.3, -0.25) is 9.59 Å². The summed E-state index contributed by atoms with van der Waals surface area (Å²) in [6.45, 7) is 1.97. The highest BCUT2D eigenvalue weighted by Crippen LogP contribution is 2.24. The Balaban J connectivity index is 1.57. The second kappa shape index (κ2) is 10.7. The number of rotatable bonds is 7. The van der Waals surface area contributed by atoms with Crippen molar-refractivity contribution in [1.29, 1.82) is 0 Å². The number of carbonyl (C=O) groups excluding carboxylic acids is 2. The lowest BCUT2D eigenvalue weighted by Gasteiger charge is -2.26. The monoisotopic (exact) mass is 487 g/mol. The minimum absolute atomic E-state index is 0.00395. The van der Waals surface area contributed by atoms with Crippen molar-refractivity contribution >= 4 is 21.8 Å². The first kappa shape index (κ1) is 24.3. The molecule has 0 spiro atoms. The van der Waals surface area contributed by atoms with Crippen molar-refractivity contribution in [2.75, 3.05) is 26.2 Å². The van der Waals surface area contributed by atoms with Crippen LogP contribution in [0, 0.1) is 5.82 Å². The van der Waals surface area contributed by atoms with Gasteiger partial charge >= 0.3 is 0 Å². The lowest BCUT2D eigenvalue weighted by molar-refractivity contribution is -0.132. The number of halogens is 1. The third kappa shape index (κ3) is 5.47. The molecule has 2 aliphatic heterocycles. The molecule has 1 atom stereocenters. The van der Waals surface area contributed by atoms with Crippen LogP contribution in [0.4, 0.5) is 4.39 Å². The SMILES string of the molecule is O=C(NC(Cc1ccccc1)C(=O)N1CCCC1)c1ccc(F)c(S(=O)(=O)N2CCCCC2)c1. The number of sulfonamides is 1. The van der Waals surface area contributed by atoms with Crippen molar-refractivity contribution in [2.24, 2.45) is 0 Å². The van der Waals surface area contributed by atoms with Gasteiger partial charge in [0.05, 0.1) is 0 Å². The molecule has 2 saturated heterocycles. The minimum Gasteiger partial charge on any atom is -0.341 e. The molecule has 4 rings (SSSR count). The fourth-order valence-electron chi connectivity index (χ4n) is 4.54. The molecule has 0 saturated carbocycles.